The highest BCUT2D eigenvalue weighted by atomic mass is 35.5. The van der Waals surface area contributed by atoms with Gasteiger partial charge in [0.2, 0.25) is 10.0 Å². The number of carbonyl (C=O) groups excluding carboxylic acids is 4. The van der Waals surface area contributed by atoms with Crippen LogP contribution in [-0.2, 0) is 40.4 Å². The molecule has 4 atom stereocenters. The Morgan fingerprint density at radius 2 is 0.615 bits per heavy atom. The lowest BCUT2D eigenvalue weighted by Crippen LogP contribution is -2.42. The number of aryl methyl sites for hydroxylation is 1. The Kier molecular flexibility index (Phi) is 27.7. The molecule has 5 aliphatic rings. The Bertz CT molecular complexity index is 7300. The molecule has 1 fully saturated rings. The lowest BCUT2D eigenvalue weighted by atomic mass is 9.91. The second-order valence-electron chi connectivity index (χ2n) is 33.6. The molecule has 4 aromatic heterocycles. The lowest BCUT2D eigenvalue weighted by molar-refractivity contribution is 0.0730. The largest absolute Gasteiger partial charge is 0.416 e. The highest BCUT2D eigenvalue weighted by Crippen LogP contribution is 2.46. The monoisotopic (exact) mass is 1970 g/mol. The molecule has 4 amide bonds. The summed E-state index contributed by atoms with van der Waals surface area (Å²) in [6.45, 7) is 9.72. The van der Waals surface area contributed by atoms with E-state index in [1.807, 2.05) is 91.9 Å². The van der Waals surface area contributed by atoms with Gasteiger partial charge < -0.3 is 43.6 Å². The molecule has 30 heteroatoms. The number of morpholine rings is 1. The van der Waals surface area contributed by atoms with Crippen LogP contribution >= 0.6 is 92.8 Å². The summed E-state index contributed by atoms with van der Waals surface area (Å²) in [4.78, 5) is 74.4. The number of nitriles is 1. The Labute approximate surface area is 818 Å². The van der Waals surface area contributed by atoms with Crippen molar-refractivity contribution >= 4 is 171 Å². The number of hydrogen-bond donors (Lipinski definition) is 4. The maximum atomic E-state index is 13.5. The third-order valence-electron chi connectivity index (χ3n) is 24.8. The lowest BCUT2D eigenvalue weighted by Gasteiger charge is -2.35. The van der Waals surface area contributed by atoms with Crippen LogP contribution in [0.15, 0.2) is 272 Å². The molecule has 135 heavy (non-hydrogen) atoms. The van der Waals surface area contributed by atoms with Gasteiger partial charge in [-0.1, -0.05) is 185 Å². The number of ether oxygens (including phenoxy) is 5. The third kappa shape index (κ3) is 20.2. The number of aromatic nitrogens is 4. The van der Waals surface area contributed by atoms with Crippen molar-refractivity contribution in [2.24, 2.45) is 0 Å². The van der Waals surface area contributed by atoms with E-state index in [1.54, 1.807) is 153 Å². The van der Waals surface area contributed by atoms with E-state index in [-0.39, 0.29) is 17.0 Å². The minimum Gasteiger partial charge on any atom is -0.410 e. The number of halogens is 8. The van der Waals surface area contributed by atoms with Gasteiger partial charge in [-0.15, -0.1) is 0 Å². The second kappa shape index (κ2) is 40.2. The zero-order chi connectivity index (χ0) is 94.0. The summed E-state index contributed by atoms with van der Waals surface area (Å²) >= 11 is 49.0. The van der Waals surface area contributed by atoms with Gasteiger partial charge in [-0.05, 0) is 283 Å². The number of amides is 4. The maximum Gasteiger partial charge on any atom is 0.416 e. The second-order valence-corrected chi connectivity index (χ2v) is 39.0. The number of nitrogens with zero attached hydrogens (tertiary/aromatic N) is 6. The Morgan fingerprint density at radius 3 is 0.889 bits per heavy atom. The van der Waals surface area contributed by atoms with Crippen molar-refractivity contribution in [3.63, 3.8) is 0 Å². The average Bonchev–Trinajstić information content (AvgIpc) is 1.62. The van der Waals surface area contributed by atoms with Gasteiger partial charge in [0.15, 0.2) is 0 Å². The molecule has 0 radical (unpaired) electrons. The van der Waals surface area contributed by atoms with Crippen molar-refractivity contribution in [1.82, 2.24) is 43.8 Å². The average molecular weight is 1980 g/mol. The fraction of sp³-hybridized carbons (Fsp3) is 0.190. The minimum atomic E-state index is -3.65. The van der Waals surface area contributed by atoms with E-state index >= 15 is 0 Å². The third-order valence-corrected chi connectivity index (χ3v) is 28.7. The van der Waals surface area contributed by atoms with Crippen LogP contribution in [0.4, 0.5) is 19.2 Å². The maximum absolute atomic E-state index is 13.5. The molecule has 4 N–H and O–H groups in total. The fourth-order valence-electron chi connectivity index (χ4n) is 18.2. The number of sulfonamides is 1. The van der Waals surface area contributed by atoms with Gasteiger partial charge in [0.1, 0.15) is 47.2 Å². The summed E-state index contributed by atoms with van der Waals surface area (Å²) in [5.41, 5.74) is 18.9. The Morgan fingerprint density at radius 1 is 0.356 bits per heavy atom. The number of nitrogens with one attached hydrogen (secondary N) is 4. The number of aromatic amines is 4. The predicted molar refractivity (Wildman–Crippen MR) is 531 cm³/mol. The van der Waals surface area contributed by atoms with Crippen molar-refractivity contribution in [3.05, 3.63) is 391 Å². The first-order chi connectivity index (χ1) is 65.2. The smallest absolute Gasteiger partial charge is 0.410 e. The van der Waals surface area contributed by atoms with Gasteiger partial charge in [-0.3, -0.25) is 19.6 Å². The molecule has 21 nitrogen and oxygen atoms in total. The van der Waals surface area contributed by atoms with Gasteiger partial charge in [0.25, 0.3) is 0 Å². The number of fused-ring (bicyclic) bond motifs is 12. The highest BCUT2D eigenvalue weighted by Gasteiger charge is 2.42. The van der Waals surface area contributed by atoms with E-state index in [1.165, 1.54) is 26.6 Å². The van der Waals surface area contributed by atoms with Crippen LogP contribution in [0.5, 0.6) is 23.0 Å². The molecule has 4 unspecified atom stereocenters. The molecule has 5 aliphatic heterocycles. The minimum absolute atomic E-state index is 0.197. The standard InChI is InChI=1S/C28H25Cl2N3O5S.C27H24Cl2N2O2.C25H17Cl2N3O2.C25H20Cl2N2O2/c29-19-3-6-21(7-4-19)38-28(34)33-12-11-23-24-17-20(30)5-10-25(24)31-26(23)27(33)18-1-8-22(9-2-18)39(35,36)32-13-15-37-16-14-32;1-16(2)17-3-5-18(6-4-17)26-25-22(23-15-20(29)9-12-24(23)30-25)13-14-31(26)27(32)33-21-10-7-19(28)8-11-21;26-17-5-8-19(9-6-17)32-25(31)30-12-11-20-21-13-18(27)7-10-22(21)29-23(20)24(30)16-3-1-15(14-28)2-4-16;1-15-2-4-16(5-3-15)24-23-20(21-14-18(27)8-11-22(21)28-23)12-13-29(24)25(30)31-19-9-6-17(26)7-10-19/h1-10,17,27,31H,11-16H2;3-12,15-16,26,30H,13-14H2,1-2H3;1-10,13,24,29H,11-12H2;2-11,14,24,28H,12-13H2,1H3. The number of benzene rings is 12. The topological polar surface area (TPSA) is 252 Å². The quantitative estimate of drug-likeness (QED) is 0.0944. The van der Waals surface area contributed by atoms with Gasteiger partial charge in [0.05, 0.1) is 29.7 Å². The van der Waals surface area contributed by atoms with E-state index in [2.05, 4.69) is 88.4 Å². The van der Waals surface area contributed by atoms with Crippen LogP contribution < -0.4 is 18.9 Å². The van der Waals surface area contributed by atoms with E-state index in [4.69, 9.17) is 116 Å². The number of carbonyl (C=O) groups is 4. The summed E-state index contributed by atoms with van der Waals surface area (Å²) in [5, 5.41) is 18.4. The van der Waals surface area contributed by atoms with Gasteiger partial charge in [-0.2, -0.15) is 9.57 Å². The van der Waals surface area contributed by atoms with Crippen LogP contribution in [0.1, 0.15) is 128 Å². The number of rotatable bonds is 11. The molecule has 0 saturated carbocycles. The number of hydrogen-bond acceptors (Lipinski definition) is 12. The summed E-state index contributed by atoms with van der Waals surface area (Å²) in [6.07, 6.45) is 0.940. The molecule has 21 rings (SSSR count). The first kappa shape index (κ1) is 93.0. The van der Waals surface area contributed by atoms with Crippen LogP contribution in [0, 0.1) is 18.3 Å². The molecular weight excluding hydrogens is 1890 g/mol. The SMILES string of the molecule is CC(C)c1ccc(C2c3[nH]c4ccc(Cl)cc4c3CCN2C(=O)Oc2ccc(Cl)cc2)cc1.Cc1ccc(C2c3[nH]c4ccc(Cl)cc4c3CCN2C(=O)Oc2ccc(Cl)cc2)cc1.N#Cc1ccc(C2c3[nH]c4ccc(Cl)cc4c3CCN2C(=O)Oc2ccc(Cl)cc2)cc1.O=C(Oc1ccc(Cl)cc1)N1CCc2c([nH]c3ccc(Cl)cc23)C1c1ccc(S(=O)(=O)N2CCOCC2)cc1. The molecular formula is C105H86Cl8N10O11S. The van der Waals surface area contributed by atoms with Crippen molar-refractivity contribution in [2.45, 2.75) is 81.4 Å². The summed E-state index contributed by atoms with van der Waals surface area (Å²) < 4.78 is 55.9. The van der Waals surface area contributed by atoms with Gasteiger partial charge >= 0.3 is 24.4 Å². The molecule has 12 aromatic carbocycles. The van der Waals surface area contributed by atoms with E-state index in [0.717, 1.165) is 99.8 Å². The van der Waals surface area contributed by atoms with E-state index < -0.39 is 46.5 Å². The summed E-state index contributed by atoms with van der Waals surface area (Å²) in [6, 6.07) is 81.4. The zero-order valence-electron chi connectivity index (χ0n) is 72.9. The van der Waals surface area contributed by atoms with Gasteiger partial charge in [-0.25, -0.2) is 27.6 Å². The molecule has 9 heterocycles. The van der Waals surface area contributed by atoms with Crippen molar-refractivity contribution in [3.8, 4) is 29.1 Å². The molecule has 1 saturated heterocycles. The van der Waals surface area contributed by atoms with Crippen LogP contribution in [0.25, 0.3) is 43.6 Å². The summed E-state index contributed by atoms with van der Waals surface area (Å²) in [7, 11) is -3.65. The molecule has 684 valence electrons. The Balaban J connectivity index is 0.000000121. The highest BCUT2D eigenvalue weighted by molar-refractivity contribution is 7.89. The molecule has 0 spiro atoms. The number of H-pyrrole nitrogens is 4. The predicted octanol–water partition coefficient (Wildman–Crippen LogP) is 26.8. The van der Waals surface area contributed by atoms with Crippen LogP contribution in [0.3, 0.4) is 0 Å². The van der Waals surface area contributed by atoms with Crippen molar-refractivity contribution < 1.29 is 51.3 Å². The fourth-order valence-corrected chi connectivity index (χ4v) is 20.8. The van der Waals surface area contributed by atoms with E-state index in [0.29, 0.717) is 153 Å². The first-order valence-electron chi connectivity index (χ1n) is 43.7. The van der Waals surface area contributed by atoms with Crippen molar-refractivity contribution in [2.75, 3.05) is 52.5 Å². The molecule has 0 aliphatic carbocycles. The van der Waals surface area contributed by atoms with Crippen LogP contribution in [0.2, 0.25) is 40.2 Å². The zero-order valence-corrected chi connectivity index (χ0v) is 79.7. The van der Waals surface area contributed by atoms with Crippen LogP contribution in [-0.4, -0.2) is 129 Å². The van der Waals surface area contributed by atoms with E-state index in [9.17, 15) is 32.9 Å². The Hall–Kier alpha value is -12.4. The summed E-state index contributed by atoms with van der Waals surface area (Å²) in [5.74, 6) is 2.16. The van der Waals surface area contributed by atoms with Crippen molar-refractivity contribution in [1.29, 1.82) is 5.26 Å². The molecule has 16 aromatic rings. The normalized spacial score (nSPS) is 16.3. The first-order valence-corrected chi connectivity index (χ1v) is 48.2. The molecule has 0 bridgehead atoms. The van der Waals surface area contributed by atoms with Gasteiger partial charge in [0, 0.05) is 146 Å².